The van der Waals surface area contributed by atoms with E-state index in [9.17, 15) is 19.5 Å². The van der Waals surface area contributed by atoms with Crippen LogP contribution in [0.4, 0.5) is 0 Å². The Morgan fingerprint density at radius 3 is 2.74 bits per heavy atom. The number of hydrogen-bond acceptors (Lipinski definition) is 8. The fraction of sp³-hybridized carbons (Fsp3) is 0.464. The Bertz CT molecular complexity index is 1340. The molecule has 38 heavy (non-hydrogen) atoms. The van der Waals surface area contributed by atoms with Gasteiger partial charge in [-0.15, -0.1) is 0 Å². The zero-order chi connectivity index (χ0) is 27.4. The predicted molar refractivity (Wildman–Crippen MR) is 141 cm³/mol. The third-order valence-electron chi connectivity index (χ3n) is 6.40. The summed E-state index contributed by atoms with van der Waals surface area (Å²) in [5, 5.41) is 10.0. The van der Waals surface area contributed by atoms with Crippen LogP contribution in [0.5, 0.6) is 5.75 Å². The van der Waals surface area contributed by atoms with Crippen LogP contribution in [0, 0.1) is 0 Å². The van der Waals surface area contributed by atoms with Crippen molar-refractivity contribution < 1.29 is 28.6 Å². The molecule has 0 aliphatic carbocycles. The minimum atomic E-state index is -0.603. The molecule has 0 saturated carbocycles. The number of esters is 1. The Kier molecular flexibility index (Phi) is 8.23. The van der Waals surface area contributed by atoms with Crippen molar-refractivity contribution in [2.45, 2.75) is 51.4 Å². The maximum absolute atomic E-state index is 13.4. The van der Waals surface area contributed by atoms with E-state index in [-0.39, 0.29) is 31.1 Å². The molecule has 1 amide bonds. The zero-order valence-corrected chi connectivity index (χ0v) is 22.2. The van der Waals surface area contributed by atoms with E-state index in [0.717, 1.165) is 17.7 Å². The molecule has 0 spiro atoms. The van der Waals surface area contributed by atoms with Gasteiger partial charge in [-0.2, -0.15) is 0 Å². The third kappa shape index (κ3) is 7.23. The van der Waals surface area contributed by atoms with E-state index in [1.54, 1.807) is 57.0 Å². The summed E-state index contributed by atoms with van der Waals surface area (Å²) < 4.78 is 16.1. The molecule has 2 heterocycles. The zero-order valence-electron chi connectivity index (χ0n) is 22.2. The molecule has 1 fully saturated rings. The Morgan fingerprint density at radius 1 is 1.24 bits per heavy atom. The minimum Gasteiger partial charge on any atom is -0.482 e. The lowest BCUT2D eigenvalue weighted by Gasteiger charge is -2.32. The van der Waals surface area contributed by atoms with Crippen LogP contribution in [-0.2, 0) is 20.7 Å². The Balaban J connectivity index is 1.51. The molecule has 2 N–H and O–H groups in total. The summed E-state index contributed by atoms with van der Waals surface area (Å²) in [5.74, 6) is -0.619. The van der Waals surface area contributed by atoms with Crippen LogP contribution in [0.25, 0.3) is 11.1 Å². The first-order chi connectivity index (χ1) is 18.0. The summed E-state index contributed by atoms with van der Waals surface area (Å²) in [5.41, 5.74) is 1.97. The number of β-amino-alcohol motifs (C(OH)–C–C–N with tert-alkyl or cyclic N) is 1. The number of aromatic nitrogens is 1. The lowest BCUT2D eigenvalue weighted by Crippen LogP contribution is -2.39. The van der Waals surface area contributed by atoms with Crippen LogP contribution in [-0.4, -0.2) is 76.8 Å². The van der Waals surface area contributed by atoms with E-state index in [2.05, 4.69) is 9.88 Å². The number of carbonyl (C=O) groups excluding carboxylic acids is 2. The van der Waals surface area contributed by atoms with Gasteiger partial charge in [-0.25, -0.2) is 9.59 Å². The topological polar surface area (TPSA) is 125 Å². The number of H-pyrrole nitrogens is 1. The van der Waals surface area contributed by atoms with Crippen molar-refractivity contribution in [2.75, 3.05) is 33.3 Å². The number of nitrogens with zero attached hydrogens (tertiary/aromatic N) is 2. The number of aromatic amines is 1. The van der Waals surface area contributed by atoms with Crippen LogP contribution in [0.2, 0.25) is 0 Å². The van der Waals surface area contributed by atoms with Gasteiger partial charge in [0.25, 0.3) is 0 Å². The fourth-order valence-corrected chi connectivity index (χ4v) is 4.58. The van der Waals surface area contributed by atoms with Gasteiger partial charge >= 0.3 is 11.7 Å². The lowest BCUT2D eigenvalue weighted by atomic mass is 10.0. The molecule has 1 aliphatic rings. The number of ether oxygens (including phenoxy) is 2. The molecule has 10 heteroatoms. The second kappa shape index (κ2) is 11.4. The van der Waals surface area contributed by atoms with Crippen molar-refractivity contribution in [3.8, 4) is 5.75 Å². The van der Waals surface area contributed by atoms with E-state index in [4.69, 9.17) is 13.9 Å². The normalized spacial score (nSPS) is 16.9. The van der Waals surface area contributed by atoms with Gasteiger partial charge in [0, 0.05) is 26.7 Å². The van der Waals surface area contributed by atoms with Gasteiger partial charge in [0.05, 0.1) is 24.1 Å². The number of likely N-dealkylation sites (tertiary alicyclic amines) is 1. The number of rotatable bonds is 9. The number of hydrogen-bond donors (Lipinski definition) is 2. The van der Waals surface area contributed by atoms with E-state index >= 15 is 0 Å². The standard InChI is InChI=1S/C28H35N3O7/c1-28(2,3)38-26(34)17-36-21-7-5-6-19(14-21)23(16-31-11-10-20(32)15-31)30(4)25(33)13-18-8-9-24-22(12-18)29-27(35)37-24/h5-9,12,14,20,23,32H,10-11,13,15-17H2,1-4H3,(H,29,35)/t20?,23-/m1/s1. The van der Waals surface area contributed by atoms with Gasteiger partial charge in [0.1, 0.15) is 11.4 Å². The number of carbonyl (C=O) groups is 2. The second-order valence-electron chi connectivity index (χ2n) is 10.7. The number of oxazole rings is 1. The molecular weight excluding hydrogens is 490 g/mol. The highest BCUT2D eigenvalue weighted by atomic mass is 16.6. The third-order valence-corrected chi connectivity index (χ3v) is 6.40. The van der Waals surface area contributed by atoms with Gasteiger partial charge in [-0.1, -0.05) is 18.2 Å². The number of benzene rings is 2. The molecule has 1 aromatic heterocycles. The van der Waals surface area contributed by atoms with Crippen LogP contribution in [0.1, 0.15) is 44.4 Å². The van der Waals surface area contributed by atoms with Gasteiger partial charge in [-0.3, -0.25) is 14.7 Å². The highest BCUT2D eigenvalue weighted by Crippen LogP contribution is 2.27. The van der Waals surface area contributed by atoms with Crippen molar-refractivity contribution in [2.24, 2.45) is 0 Å². The number of nitrogens with one attached hydrogen (secondary N) is 1. The van der Waals surface area contributed by atoms with Crippen molar-refractivity contribution in [3.05, 3.63) is 64.1 Å². The molecular formula is C28H35N3O7. The predicted octanol–water partition coefficient (Wildman–Crippen LogP) is 2.65. The SMILES string of the molecule is CN(C(=O)Cc1ccc2oc(=O)[nH]c2c1)[C@H](CN1CCC(O)C1)c1cccc(OCC(=O)OC(C)(C)C)c1. The van der Waals surface area contributed by atoms with Crippen molar-refractivity contribution in [1.29, 1.82) is 0 Å². The number of fused-ring (bicyclic) bond motifs is 1. The van der Waals surface area contributed by atoms with E-state index in [1.807, 2.05) is 18.2 Å². The molecule has 1 aliphatic heterocycles. The molecule has 10 nitrogen and oxygen atoms in total. The Hall–Kier alpha value is -3.63. The summed E-state index contributed by atoms with van der Waals surface area (Å²) in [7, 11) is 1.76. The van der Waals surface area contributed by atoms with Crippen LogP contribution in [0.3, 0.4) is 0 Å². The highest BCUT2D eigenvalue weighted by molar-refractivity contribution is 5.81. The number of aliphatic hydroxyl groups is 1. The molecule has 4 rings (SSSR count). The van der Waals surface area contributed by atoms with Crippen molar-refractivity contribution >= 4 is 23.0 Å². The summed E-state index contributed by atoms with van der Waals surface area (Å²) in [6.45, 7) is 6.97. The highest BCUT2D eigenvalue weighted by Gasteiger charge is 2.28. The summed E-state index contributed by atoms with van der Waals surface area (Å²) in [6.07, 6.45) is 0.434. The maximum Gasteiger partial charge on any atom is 0.417 e. The van der Waals surface area contributed by atoms with Gasteiger partial charge in [-0.05, 0) is 62.6 Å². The summed E-state index contributed by atoms with van der Waals surface area (Å²) >= 11 is 0. The smallest absolute Gasteiger partial charge is 0.417 e. The van der Waals surface area contributed by atoms with Crippen molar-refractivity contribution in [1.82, 2.24) is 14.8 Å². The molecule has 2 aromatic carbocycles. The lowest BCUT2D eigenvalue weighted by molar-refractivity contribution is -0.157. The number of amides is 1. The van der Waals surface area contributed by atoms with Crippen LogP contribution >= 0.6 is 0 Å². The van der Waals surface area contributed by atoms with Gasteiger partial charge in [0.15, 0.2) is 12.2 Å². The number of likely N-dealkylation sites (N-methyl/N-ethyl adjacent to an activating group) is 1. The molecule has 3 aromatic rings. The van der Waals surface area contributed by atoms with E-state index in [0.29, 0.717) is 36.4 Å². The van der Waals surface area contributed by atoms with Gasteiger partial charge in [0.2, 0.25) is 5.91 Å². The van der Waals surface area contributed by atoms with Crippen LogP contribution in [0.15, 0.2) is 51.7 Å². The molecule has 204 valence electrons. The van der Waals surface area contributed by atoms with E-state index < -0.39 is 17.3 Å². The average Bonchev–Trinajstić information content (AvgIpc) is 3.43. The Labute approximate surface area is 221 Å². The summed E-state index contributed by atoms with van der Waals surface area (Å²) in [4.78, 5) is 43.4. The maximum atomic E-state index is 13.4. The minimum absolute atomic E-state index is 0.111. The number of aliphatic hydroxyl groups excluding tert-OH is 1. The molecule has 1 saturated heterocycles. The first kappa shape index (κ1) is 27.4. The largest absolute Gasteiger partial charge is 0.482 e. The summed E-state index contributed by atoms with van der Waals surface area (Å²) in [6, 6.07) is 12.2. The average molecular weight is 526 g/mol. The van der Waals surface area contributed by atoms with Gasteiger partial charge < -0.3 is 23.9 Å². The molecule has 0 radical (unpaired) electrons. The molecule has 2 atom stereocenters. The van der Waals surface area contributed by atoms with Crippen LogP contribution < -0.4 is 10.5 Å². The quantitative estimate of drug-likeness (QED) is 0.409. The molecule has 0 bridgehead atoms. The first-order valence-corrected chi connectivity index (χ1v) is 12.7. The molecule has 1 unspecified atom stereocenters. The monoisotopic (exact) mass is 525 g/mol. The first-order valence-electron chi connectivity index (χ1n) is 12.7. The fourth-order valence-electron chi connectivity index (χ4n) is 4.58. The van der Waals surface area contributed by atoms with Crippen molar-refractivity contribution in [3.63, 3.8) is 0 Å². The Morgan fingerprint density at radius 2 is 2.03 bits per heavy atom. The second-order valence-corrected chi connectivity index (χ2v) is 10.7. The van der Waals surface area contributed by atoms with E-state index in [1.165, 1.54) is 0 Å².